The minimum absolute atomic E-state index is 0.0647. The number of nitrogens with zero attached hydrogens (tertiary/aromatic N) is 1. The number of nitrogens with one attached hydrogen (secondary N) is 2. The van der Waals surface area contributed by atoms with Gasteiger partial charge < -0.3 is 10.6 Å². The largest absolute Gasteiger partial charge is 0.348 e. The van der Waals surface area contributed by atoms with Crippen LogP contribution in [0.4, 0.5) is 0 Å². The van der Waals surface area contributed by atoms with Crippen LogP contribution in [-0.2, 0) is 0 Å². The maximum atomic E-state index is 12.4. The maximum Gasteiger partial charge on any atom is 0.270 e. The Morgan fingerprint density at radius 2 is 1.75 bits per heavy atom. The van der Waals surface area contributed by atoms with Crippen LogP contribution in [0.3, 0.4) is 0 Å². The highest BCUT2D eigenvalue weighted by molar-refractivity contribution is 5.98. The Morgan fingerprint density at radius 3 is 2.42 bits per heavy atom. The molecular weight excluding hydrogens is 302 g/mol. The molecule has 0 bridgehead atoms. The molecule has 0 aliphatic heterocycles. The van der Waals surface area contributed by atoms with E-state index in [0.29, 0.717) is 5.56 Å². The predicted octanol–water partition coefficient (Wildman–Crippen LogP) is 3.10. The number of amides is 2. The first-order chi connectivity index (χ1) is 11.5. The zero-order chi connectivity index (χ0) is 17.5. The molecule has 1 aromatic heterocycles. The Kier molecular flexibility index (Phi) is 6.07. The van der Waals surface area contributed by atoms with E-state index in [2.05, 4.69) is 15.6 Å². The molecule has 1 heterocycles. The van der Waals surface area contributed by atoms with Crippen molar-refractivity contribution in [1.29, 1.82) is 0 Å². The Bertz CT molecular complexity index is 701. The van der Waals surface area contributed by atoms with Crippen LogP contribution in [0.5, 0.6) is 0 Å². The molecule has 0 radical (unpaired) electrons. The fourth-order valence-corrected chi connectivity index (χ4v) is 2.20. The van der Waals surface area contributed by atoms with E-state index >= 15 is 0 Å². The molecule has 5 heteroatoms. The average Bonchev–Trinajstić information content (AvgIpc) is 2.62. The van der Waals surface area contributed by atoms with Gasteiger partial charge in [-0.3, -0.25) is 14.6 Å². The summed E-state index contributed by atoms with van der Waals surface area (Å²) in [6, 6.07) is 12.8. The Balaban J connectivity index is 2.07. The van der Waals surface area contributed by atoms with Crippen LogP contribution in [0.2, 0.25) is 0 Å². The highest BCUT2D eigenvalue weighted by Gasteiger charge is 2.15. The van der Waals surface area contributed by atoms with Gasteiger partial charge in [0, 0.05) is 17.8 Å². The van der Waals surface area contributed by atoms with Crippen molar-refractivity contribution in [1.82, 2.24) is 15.6 Å². The molecule has 2 aromatic rings. The quantitative estimate of drug-likeness (QED) is 0.857. The van der Waals surface area contributed by atoms with Crippen molar-refractivity contribution >= 4 is 11.8 Å². The molecule has 2 atom stereocenters. The van der Waals surface area contributed by atoms with Gasteiger partial charge in [-0.15, -0.1) is 0 Å². The summed E-state index contributed by atoms with van der Waals surface area (Å²) in [6.45, 7) is 5.84. The first-order valence-electron chi connectivity index (χ1n) is 8.14. The molecule has 2 unspecified atom stereocenters. The summed E-state index contributed by atoms with van der Waals surface area (Å²) >= 11 is 0. The molecule has 1 aromatic carbocycles. The van der Waals surface area contributed by atoms with Crippen molar-refractivity contribution in [3.63, 3.8) is 0 Å². The van der Waals surface area contributed by atoms with Gasteiger partial charge in [-0.25, -0.2) is 0 Å². The zero-order valence-electron chi connectivity index (χ0n) is 14.2. The van der Waals surface area contributed by atoms with E-state index in [1.165, 1.54) is 12.3 Å². The van der Waals surface area contributed by atoms with Gasteiger partial charge in [0.15, 0.2) is 0 Å². The van der Waals surface area contributed by atoms with E-state index < -0.39 is 0 Å². The Hall–Kier alpha value is -2.69. The molecular formula is C19H23N3O2. The summed E-state index contributed by atoms with van der Waals surface area (Å²) in [5, 5.41) is 5.78. The number of hydrogen-bond donors (Lipinski definition) is 2. The summed E-state index contributed by atoms with van der Waals surface area (Å²) in [6.07, 6.45) is 2.31. The van der Waals surface area contributed by atoms with E-state index in [1.807, 2.05) is 51.1 Å². The summed E-state index contributed by atoms with van der Waals surface area (Å²) in [5.41, 5.74) is 1.69. The third-order valence-corrected chi connectivity index (χ3v) is 3.89. The van der Waals surface area contributed by atoms with Gasteiger partial charge in [0.05, 0.1) is 6.04 Å². The summed E-state index contributed by atoms with van der Waals surface area (Å²) in [5.74, 6) is -0.499. The fraction of sp³-hybridized carbons (Fsp3) is 0.316. The van der Waals surface area contributed by atoms with E-state index in [1.54, 1.807) is 6.07 Å². The second-order valence-electron chi connectivity index (χ2n) is 5.82. The number of aromatic nitrogens is 1. The Labute approximate surface area is 142 Å². The molecule has 0 aliphatic carbocycles. The third kappa shape index (κ3) is 4.65. The number of hydrogen-bond acceptors (Lipinski definition) is 3. The van der Waals surface area contributed by atoms with Crippen LogP contribution >= 0.6 is 0 Å². The lowest BCUT2D eigenvalue weighted by Gasteiger charge is -2.15. The molecule has 5 nitrogen and oxygen atoms in total. The van der Waals surface area contributed by atoms with E-state index in [4.69, 9.17) is 0 Å². The monoisotopic (exact) mass is 325 g/mol. The topological polar surface area (TPSA) is 71.1 Å². The second kappa shape index (κ2) is 8.24. The average molecular weight is 325 g/mol. The highest BCUT2D eigenvalue weighted by atomic mass is 16.2. The van der Waals surface area contributed by atoms with Crippen LogP contribution in [0, 0.1) is 0 Å². The molecule has 2 amide bonds. The van der Waals surface area contributed by atoms with Gasteiger partial charge in [-0.05, 0) is 38.0 Å². The van der Waals surface area contributed by atoms with Crippen molar-refractivity contribution in [2.24, 2.45) is 0 Å². The van der Waals surface area contributed by atoms with E-state index in [0.717, 1.165) is 12.0 Å². The number of pyridine rings is 1. The summed E-state index contributed by atoms with van der Waals surface area (Å²) in [4.78, 5) is 28.6. The maximum absolute atomic E-state index is 12.4. The van der Waals surface area contributed by atoms with Crippen LogP contribution in [0.25, 0.3) is 0 Å². The minimum Gasteiger partial charge on any atom is -0.348 e. The lowest BCUT2D eigenvalue weighted by atomic mass is 10.1. The normalized spacial score (nSPS) is 13.0. The van der Waals surface area contributed by atoms with Gasteiger partial charge in [-0.2, -0.15) is 0 Å². The van der Waals surface area contributed by atoms with Crippen LogP contribution in [0.1, 0.15) is 59.6 Å². The molecule has 24 heavy (non-hydrogen) atoms. The molecule has 0 spiro atoms. The zero-order valence-corrected chi connectivity index (χ0v) is 14.2. The number of carbonyl (C=O) groups excluding carboxylic acids is 2. The molecule has 2 rings (SSSR count). The minimum atomic E-state index is -0.268. The fourth-order valence-electron chi connectivity index (χ4n) is 2.20. The summed E-state index contributed by atoms with van der Waals surface area (Å²) < 4.78 is 0. The number of carbonyl (C=O) groups is 2. The first kappa shape index (κ1) is 17.7. The van der Waals surface area contributed by atoms with Gasteiger partial charge >= 0.3 is 0 Å². The lowest BCUT2D eigenvalue weighted by Crippen LogP contribution is -2.33. The van der Waals surface area contributed by atoms with Gasteiger partial charge in [0.25, 0.3) is 11.8 Å². The Morgan fingerprint density at radius 1 is 1.04 bits per heavy atom. The lowest BCUT2D eigenvalue weighted by molar-refractivity contribution is 0.0934. The second-order valence-corrected chi connectivity index (χ2v) is 5.82. The molecule has 0 saturated heterocycles. The highest BCUT2D eigenvalue weighted by Crippen LogP contribution is 2.12. The van der Waals surface area contributed by atoms with Crippen LogP contribution < -0.4 is 10.6 Å². The van der Waals surface area contributed by atoms with Gasteiger partial charge in [0.2, 0.25) is 0 Å². The standard InChI is InChI=1S/C19H23N3O2/c1-4-13(2)21-19(24)17-12-16(10-11-20-17)18(23)22-14(3)15-8-6-5-7-9-15/h5-14H,4H2,1-3H3,(H,21,24)(H,22,23). The van der Waals surface area contributed by atoms with Crippen molar-refractivity contribution in [2.75, 3.05) is 0 Å². The molecule has 0 fully saturated rings. The van der Waals surface area contributed by atoms with Crippen LogP contribution in [0.15, 0.2) is 48.7 Å². The van der Waals surface area contributed by atoms with E-state index in [-0.39, 0.29) is 29.6 Å². The third-order valence-electron chi connectivity index (χ3n) is 3.89. The van der Waals surface area contributed by atoms with Crippen molar-refractivity contribution in [3.05, 3.63) is 65.5 Å². The predicted molar refractivity (Wildman–Crippen MR) is 93.8 cm³/mol. The molecule has 0 saturated carbocycles. The molecule has 0 aliphatic rings. The number of rotatable bonds is 6. The van der Waals surface area contributed by atoms with Gasteiger partial charge in [-0.1, -0.05) is 37.3 Å². The first-order valence-corrected chi connectivity index (χ1v) is 8.14. The van der Waals surface area contributed by atoms with E-state index in [9.17, 15) is 9.59 Å². The smallest absolute Gasteiger partial charge is 0.270 e. The van der Waals surface area contributed by atoms with Gasteiger partial charge in [0.1, 0.15) is 5.69 Å². The van der Waals surface area contributed by atoms with Crippen LogP contribution in [-0.4, -0.2) is 22.8 Å². The SMILES string of the molecule is CCC(C)NC(=O)c1cc(C(=O)NC(C)c2ccccc2)ccn1. The molecule has 2 N–H and O–H groups in total. The van der Waals surface area contributed by atoms with Crippen molar-refractivity contribution in [3.8, 4) is 0 Å². The van der Waals surface area contributed by atoms with Crippen molar-refractivity contribution < 1.29 is 9.59 Å². The summed E-state index contributed by atoms with van der Waals surface area (Å²) in [7, 11) is 0. The van der Waals surface area contributed by atoms with Crippen molar-refractivity contribution in [2.45, 2.75) is 39.3 Å². The number of benzene rings is 1. The molecule has 126 valence electrons.